The second-order valence-electron chi connectivity index (χ2n) is 7.36. The fourth-order valence-electron chi connectivity index (χ4n) is 3.47. The summed E-state index contributed by atoms with van der Waals surface area (Å²) >= 11 is 5.96. The van der Waals surface area contributed by atoms with Gasteiger partial charge in [0.1, 0.15) is 5.82 Å². The van der Waals surface area contributed by atoms with Gasteiger partial charge in [-0.05, 0) is 31.2 Å². The van der Waals surface area contributed by atoms with Gasteiger partial charge in [-0.25, -0.2) is 0 Å². The molecule has 1 aliphatic heterocycles. The van der Waals surface area contributed by atoms with Crippen LogP contribution in [0.15, 0.2) is 47.3 Å². The van der Waals surface area contributed by atoms with E-state index in [9.17, 15) is 24.5 Å². The zero-order valence-electron chi connectivity index (χ0n) is 17.1. The standard InChI is InChI=1S/C21H17ClN6O5/c1-10-5-6-13(8-15(10)28(32)33)23-19(30)14-9-16(29)25-18-17(14)20(31)27-21(26-18)24-12-4-2-3-11(22)7-12/h2-8,14H,9H2,1H3,(H,23,30)(H3,24,25,26,27,29,31)/t14-/m0/s1. The van der Waals surface area contributed by atoms with Crippen molar-refractivity contribution in [3.8, 4) is 0 Å². The molecule has 2 heterocycles. The first-order chi connectivity index (χ1) is 15.7. The highest BCUT2D eigenvalue weighted by Gasteiger charge is 2.35. The number of hydrogen-bond acceptors (Lipinski definition) is 7. The number of carbonyl (C=O) groups is 2. The van der Waals surface area contributed by atoms with Crippen molar-refractivity contribution in [1.82, 2.24) is 9.97 Å². The van der Waals surface area contributed by atoms with Crippen LogP contribution in [-0.2, 0) is 9.59 Å². The van der Waals surface area contributed by atoms with E-state index in [1.165, 1.54) is 18.2 Å². The van der Waals surface area contributed by atoms with E-state index in [0.29, 0.717) is 16.3 Å². The molecule has 2 aromatic carbocycles. The van der Waals surface area contributed by atoms with Crippen molar-refractivity contribution in [1.29, 1.82) is 0 Å². The van der Waals surface area contributed by atoms with Gasteiger partial charge in [-0.2, -0.15) is 4.98 Å². The average Bonchev–Trinajstić information content (AvgIpc) is 2.74. The van der Waals surface area contributed by atoms with Gasteiger partial charge >= 0.3 is 0 Å². The van der Waals surface area contributed by atoms with Gasteiger partial charge in [-0.3, -0.25) is 29.5 Å². The first kappa shape index (κ1) is 22.0. The summed E-state index contributed by atoms with van der Waals surface area (Å²) in [5, 5.41) is 19.6. The maximum atomic E-state index is 12.9. The molecule has 1 aromatic heterocycles. The summed E-state index contributed by atoms with van der Waals surface area (Å²) in [5.41, 5.74) is 0.382. The number of rotatable bonds is 5. The van der Waals surface area contributed by atoms with Gasteiger partial charge in [0.2, 0.25) is 17.8 Å². The summed E-state index contributed by atoms with van der Waals surface area (Å²) in [4.78, 5) is 55.4. The van der Waals surface area contributed by atoms with Crippen LogP contribution in [0.25, 0.3) is 0 Å². The van der Waals surface area contributed by atoms with Gasteiger partial charge in [-0.15, -0.1) is 0 Å². The van der Waals surface area contributed by atoms with E-state index in [2.05, 4.69) is 25.9 Å². The fourth-order valence-corrected chi connectivity index (χ4v) is 3.66. The lowest BCUT2D eigenvalue weighted by Gasteiger charge is -2.23. The van der Waals surface area contributed by atoms with E-state index in [4.69, 9.17) is 11.6 Å². The second kappa shape index (κ2) is 8.71. The van der Waals surface area contributed by atoms with Crippen LogP contribution in [0.5, 0.6) is 0 Å². The number of hydrogen-bond donors (Lipinski definition) is 4. The normalized spacial score (nSPS) is 14.7. The Balaban J connectivity index is 1.63. The highest BCUT2D eigenvalue weighted by molar-refractivity contribution is 6.30. The molecule has 11 nitrogen and oxygen atoms in total. The quantitative estimate of drug-likeness (QED) is 0.329. The first-order valence-corrected chi connectivity index (χ1v) is 10.1. The fraction of sp³-hybridized carbons (Fsp3) is 0.143. The minimum Gasteiger partial charge on any atom is -0.326 e. The van der Waals surface area contributed by atoms with E-state index < -0.39 is 28.2 Å². The number of nitrogens with one attached hydrogen (secondary N) is 4. The van der Waals surface area contributed by atoms with E-state index >= 15 is 0 Å². The molecule has 0 radical (unpaired) electrons. The molecular formula is C21H17ClN6O5. The lowest BCUT2D eigenvalue weighted by Crippen LogP contribution is -2.36. The minimum absolute atomic E-state index is 0.00893. The number of carbonyl (C=O) groups excluding carboxylic acids is 2. The molecule has 4 N–H and O–H groups in total. The third kappa shape index (κ3) is 4.67. The Morgan fingerprint density at radius 1 is 1.21 bits per heavy atom. The predicted octanol–water partition coefficient (Wildman–Crippen LogP) is 3.45. The summed E-state index contributed by atoms with van der Waals surface area (Å²) in [6, 6.07) is 10.9. The van der Waals surface area contributed by atoms with Crippen LogP contribution < -0.4 is 21.5 Å². The van der Waals surface area contributed by atoms with Crippen LogP contribution in [0.3, 0.4) is 0 Å². The Morgan fingerprint density at radius 2 is 2.00 bits per heavy atom. The number of nitro benzene ring substituents is 1. The number of aromatic amines is 1. The molecule has 0 unspecified atom stereocenters. The molecule has 0 spiro atoms. The number of anilines is 4. The van der Waals surface area contributed by atoms with Crippen molar-refractivity contribution >= 4 is 52.2 Å². The summed E-state index contributed by atoms with van der Waals surface area (Å²) in [6.45, 7) is 1.58. The lowest BCUT2D eigenvalue weighted by atomic mass is 9.92. The van der Waals surface area contributed by atoms with Gasteiger partial charge in [0.15, 0.2) is 0 Å². The van der Waals surface area contributed by atoms with E-state index in [0.717, 1.165) is 0 Å². The van der Waals surface area contributed by atoms with Crippen LogP contribution in [0.2, 0.25) is 5.02 Å². The molecule has 0 saturated heterocycles. The van der Waals surface area contributed by atoms with Gasteiger partial charge in [0, 0.05) is 34.4 Å². The number of nitro groups is 1. The molecule has 3 aromatic rings. The number of aromatic nitrogens is 2. The number of H-pyrrole nitrogens is 1. The van der Waals surface area contributed by atoms with Gasteiger partial charge in [-0.1, -0.05) is 23.7 Å². The highest BCUT2D eigenvalue weighted by Crippen LogP contribution is 2.31. The highest BCUT2D eigenvalue weighted by atomic mass is 35.5. The minimum atomic E-state index is -1.13. The van der Waals surface area contributed by atoms with Crippen molar-refractivity contribution in [3.63, 3.8) is 0 Å². The average molecular weight is 469 g/mol. The molecule has 1 atom stereocenters. The largest absolute Gasteiger partial charge is 0.326 e. The molecule has 0 bridgehead atoms. The zero-order valence-corrected chi connectivity index (χ0v) is 17.9. The van der Waals surface area contributed by atoms with E-state index in [-0.39, 0.29) is 35.1 Å². The molecule has 0 saturated carbocycles. The Labute approximate surface area is 191 Å². The van der Waals surface area contributed by atoms with Crippen molar-refractivity contribution in [2.45, 2.75) is 19.3 Å². The molecule has 2 amide bonds. The topological polar surface area (TPSA) is 159 Å². The van der Waals surface area contributed by atoms with Crippen LogP contribution in [-0.4, -0.2) is 26.7 Å². The van der Waals surface area contributed by atoms with Crippen LogP contribution in [0.4, 0.5) is 28.8 Å². The molecule has 33 heavy (non-hydrogen) atoms. The molecule has 4 rings (SSSR count). The Bertz CT molecular complexity index is 1360. The number of benzene rings is 2. The second-order valence-corrected chi connectivity index (χ2v) is 7.80. The summed E-state index contributed by atoms with van der Waals surface area (Å²) in [5.74, 6) is -2.28. The number of nitrogens with zero attached hydrogens (tertiary/aromatic N) is 2. The summed E-state index contributed by atoms with van der Waals surface area (Å²) in [6.07, 6.45) is -0.279. The first-order valence-electron chi connectivity index (χ1n) is 9.74. The van der Waals surface area contributed by atoms with Crippen LogP contribution in [0.1, 0.15) is 23.5 Å². The van der Waals surface area contributed by atoms with Gasteiger partial charge in [0.05, 0.1) is 16.4 Å². The van der Waals surface area contributed by atoms with Gasteiger partial charge < -0.3 is 16.0 Å². The maximum Gasteiger partial charge on any atom is 0.274 e. The SMILES string of the molecule is Cc1ccc(NC(=O)[C@H]2CC(=O)Nc3nc(Nc4cccc(Cl)c4)[nH]c(=O)c32)cc1[N+](=O)[O-]. The zero-order chi connectivity index (χ0) is 23.7. The Morgan fingerprint density at radius 3 is 2.73 bits per heavy atom. The number of fused-ring (bicyclic) bond motifs is 1. The van der Waals surface area contributed by atoms with E-state index in [1.807, 2.05) is 0 Å². The molecule has 12 heteroatoms. The summed E-state index contributed by atoms with van der Waals surface area (Å²) < 4.78 is 0. The van der Waals surface area contributed by atoms with Crippen LogP contribution >= 0.6 is 11.6 Å². The molecule has 168 valence electrons. The molecule has 1 aliphatic rings. The van der Waals surface area contributed by atoms with Gasteiger partial charge in [0.25, 0.3) is 11.2 Å². The number of aryl methyl sites for hydroxylation is 1. The third-order valence-corrected chi connectivity index (χ3v) is 5.26. The lowest BCUT2D eigenvalue weighted by molar-refractivity contribution is -0.385. The van der Waals surface area contributed by atoms with Crippen LogP contribution in [0, 0.1) is 17.0 Å². The number of halogens is 1. The molecular weight excluding hydrogens is 452 g/mol. The van der Waals surface area contributed by atoms with Crippen molar-refractivity contribution in [3.05, 3.63) is 79.1 Å². The third-order valence-electron chi connectivity index (χ3n) is 5.03. The number of amides is 2. The van der Waals surface area contributed by atoms with Crippen molar-refractivity contribution in [2.75, 3.05) is 16.0 Å². The Kier molecular flexibility index (Phi) is 5.80. The van der Waals surface area contributed by atoms with Crippen molar-refractivity contribution in [2.24, 2.45) is 0 Å². The summed E-state index contributed by atoms with van der Waals surface area (Å²) in [7, 11) is 0. The smallest absolute Gasteiger partial charge is 0.274 e. The monoisotopic (exact) mass is 468 g/mol. The Hall–Kier alpha value is -4.25. The van der Waals surface area contributed by atoms with E-state index in [1.54, 1.807) is 31.2 Å². The van der Waals surface area contributed by atoms with Crippen molar-refractivity contribution < 1.29 is 14.5 Å². The maximum absolute atomic E-state index is 12.9. The predicted molar refractivity (Wildman–Crippen MR) is 122 cm³/mol. The molecule has 0 fully saturated rings. The molecule has 0 aliphatic carbocycles.